The van der Waals surface area contributed by atoms with Crippen molar-refractivity contribution in [1.82, 2.24) is 4.98 Å². The molecule has 0 amide bonds. The van der Waals surface area contributed by atoms with Gasteiger partial charge in [0, 0.05) is 16.2 Å². The molecule has 0 bridgehead atoms. The van der Waals surface area contributed by atoms with Gasteiger partial charge in [0.1, 0.15) is 0 Å². The first-order valence-corrected chi connectivity index (χ1v) is 6.49. The lowest BCUT2D eigenvalue weighted by atomic mass is 10.0. The van der Waals surface area contributed by atoms with E-state index < -0.39 is 12.4 Å². The molecular weight excluding hydrogens is 331 g/mol. The number of rotatable bonds is 5. The third-order valence-corrected chi connectivity index (χ3v) is 3.12. The van der Waals surface area contributed by atoms with E-state index in [1.165, 1.54) is 6.20 Å². The predicted molar refractivity (Wildman–Crippen MR) is 66.8 cm³/mol. The van der Waals surface area contributed by atoms with Crippen molar-refractivity contribution < 1.29 is 18.3 Å². The van der Waals surface area contributed by atoms with Crippen molar-refractivity contribution in [2.75, 3.05) is 6.61 Å². The fourth-order valence-electron chi connectivity index (χ4n) is 1.49. The summed E-state index contributed by atoms with van der Waals surface area (Å²) >= 11 is 8.65. The molecule has 0 saturated heterocycles. The first-order chi connectivity index (χ1) is 8.51. The van der Waals surface area contributed by atoms with Gasteiger partial charge >= 0.3 is 5.97 Å². The van der Waals surface area contributed by atoms with Gasteiger partial charge in [-0.25, -0.2) is 8.78 Å². The van der Waals surface area contributed by atoms with E-state index in [9.17, 15) is 13.6 Å². The molecule has 1 aromatic heterocycles. The van der Waals surface area contributed by atoms with Crippen LogP contribution in [0.1, 0.15) is 30.2 Å². The molecule has 0 spiro atoms. The average molecular weight is 343 g/mol. The molecule has 3 nitrogen and oxygen atoms in total. The number of carbonyl (C=O) groups excluding carboxylic acids is 1. The van der Waals surface area contributed by atoms with Gasteiger partial charge in [-0.2, -0.15) is 0 Å². The summed E-state index contributed by atoms with van der Waals surface area (Å²) in [7, 11) is 0. The van der Waals surface area contributed by atoms with Gasteiger partial charge in [-0.05, 0) is 28.4 Å². The highest BCUT2D eigenvalue weighted by Crippen LogP contribution is 2.32. The lowest BCUT2D eigenvalue weighted by Gasteiger charge is -2.13. The summed E-state index contributed by atoms with van der Waals surface area (Å²) in [6.45, 7) is 1.84. The van der Waals surface area contributed by atoms with Crippen LogP contribution in [-0.4, -0.2) is 17.6 Å². The number of ether oxygens (including phenoxy) is 1. The van der Waals surface area contributed by atoms with Crippen molar-refractivity contribution in [2.24, 2.45) is 0 Å². The monoisotopic (exact) mass is 341 g/mol. The molecule has 0 N–H and O–H groups in total. The van der Waals surface area contributed by atoms with E-state index in [0.717, 1.165) is 0 Å². The maximum atomic E-state index is 13.0. The van der Waals surface area contributed by atoms with Crippen LogP contribution in [-0.2, 0) is 21.8 Å². The molecule has 100 valence electrons. The number of carbonyl (C=O) groups is 1. The van der Waals surface area contributed by atoms with Gasteiger partial charge in [0.2, 0.25) is 0 Å². The van der Waals surface area contributed by atoms with Crippen LogP contribution in [0.15, 0.2) is 10.7 Å². The highest BCUT2D eigenvalue weighted by molar-refractivity contribution is 9.10. The molecule has 0 unspecified atom stereocenters. The zero-order valence-corrected chi connectivity index (χ0v) is 11.9. The van der Waals surface area contributed by atoms with Crippen LogP contribution >= 0.6 is 27.5 Å². The van der Waals surface area contributed by atoms with E-state index in [2.05, 4.69) is 20.9 Å². The molecule has 1 aromatic rings. The van der Waals surface area contributed by atoms with Crippen LogP contribution in [0, 0.1) is 0 Å². The van der Waals surface area contributed by atoms with Crippen molar-refractivity contribution in [3.05, 3.63) is 27.5 Å². The fraction of sp³-hybridized carbons (Fsp3) is 0.455. The van der Waals surface area contributed by atoms with Gasteiger partial charge in [0.15, 0.2) is 0 Å². The Bertz CT molecular complexity index is 443. The maximum Gasteiger partial charge on any atom is 0.310 e. The Labute approximate surface area is 117 Å². The molecule has 0 fully saturated rings. The topological polar surface area (TPSA) is 39.2 Å². The highest BCUT2D eigenvalue weighted by atomic mass is 79.9. The summed E-state index contributed by atoms with van der Waals surface area (Å²) in [5.41, 5.74) is 0.143. The van der Waals surface area contributed by atoms with Crippen LogP contribution in [0.2, 0.25) is 0 Å². The van der Waals surface area contributed by atoms with Crippen LogP contribution in [0.4, 0.5) is 8.78 Å². The zero-order chi connectivity index (χ0) is 13.7. The highest BCUT2D eigenvalue weighted by Gasteiger charge is 2.22. The smallest absolute Gasteiger partial charge is 0.310 e. The fourth-order valence-corrected chi connectivity index (χ4v) is 2.23. The van der Waals surface area contributed by atoms with Crippen molar-refractivity contribution >= 4 is 33.5 Å². The lowest BCUT2D eigenvalue weighted by molar-refractivity contribution is -0.142. The van der Waals surface area contributed by atoms with Gasteiger partial charge in [-0.3, -0.25) is 9.78 Å². The second-order valence-electron chi connectivity index (χ2n) is 3.36. The van der Waals surface area contributed by atoms with Crippen LogP contribution < -0.4 is 0 Å². The zero-order valence-electron chi connectivity index (χ0n) is 9.55. The summed E-state index contributed by atoms with van der Waals surface area (Å²) in [6, 6.07) is 0. The SMILES string of the molecule is CCOC(=O)Cc1c(CCl)ncc(Br)c1C(F)F. The standard InChI is InChI=1S/C11H11BrClF2NO2/c1-2-18-9(17)3-6-8(4-13)16-5-7(12)10(6)11(14)15/h5,11H,2-4H2,1H3. The Balaban J connectivity index is 3.19. The number of hydrogen-bond donors (Lipinski definition) is 0. The number of halogens is 4. The molecule has 1 heterocycles. The first-order valence-electron chi connectivity index (χ1n) is 5.17. The van der Waals surface area contributed by atoms with Crippen LogP contribution in [0.25, 0.3) is 0 Å². The third-order valence-electron chi connectivity index (χ3n) is 2.24. The second kappa shape index (κ2) is 6.99. The van der Waals surface area contributed by atoms with Gasteiger partial charge in [-0.1, -0.05) is 0 Å². The van der Waals surface area contributed by atoms with E-state index >= 15 is 0 Å². The number of pyridine rings is 1. The molecule has 0 aliphatic carbocycles. The van der Waals surface area contributed by atoms with Gasteiger partial charge in [0.05, 0.1) is 24.6 Å². The van der Waals surface area contributed by atoms with E-state index in [1.54, 1.807) is 6.92 Å². The average Bonchev–Trinajstić information content (AvgIpc) is 2.29. The normalized spacial score (nSPS) is 10.8. The summed E-state index contributed by atoms with van der Waals surface area (Å²) in [6.07, 6.45) is -1.72. The van der Waals surface area contributed by atoms with Gasteiger partial charge < -0.3 is 4.74 Å². The number of esters is 1. The first kappa shape index (κ1) is 15.3. The molecule has 1 rings (SSSR count). The van der Waals surface area contributed by atoms with Crippen molar-refractivity contribution in [1.29, 1.82) is 0 Å². The maximum absolute atomic E-state index is 13.0. The molecule has 0 saturated carbocycles. The Morgan fingerprint density at radius 3 is 2.78 bits per heavy atom. The lowest BCUT2D eigenvalue weighted by Crippen LogP contribution is -2.13. The summed E-state index contributed by atoms with van der Waals surface area (Å²) in [5.74, 6) is -0.618. The number of alkyl halides is 3. The predicted octanol–water partition coefficient (Wildman–Crippen LogP) is 3.63. The molecule has 0 aliphatic rings. The van der Waals surface area contributed by atoms with E-state index in [-0.39, 0.29) is 40.2 Å². The van der Waals surface area contributed by atoms with Gasteiger partial charge in [-0.15, -0.1) is 11.6 Å². The minimum Gasteiger partial charge on any atom is -0.466 e. The Hall–Kier alpha value is -0.750. The molecule has 0 aromatic carbocycles. The molecule has 0 atom stereocenters. The number of aromatic nitrogens is 1. The van der Waals surface area contributed by atoms with Crippen molar-refractivity contribution in [3.8, 4) is 0 Å². The Morgan fingerprint density at radius 2 is 2.28 bits per heavy atom. The van der Waals surface area contributed by atoms with E-state index in [1.807, 2.05) is 0 Å². The molecule has 0 radical (unpaired) electrons. The van der Waals surface area contributed by atoms with Crippen LogP contribution in [0.3, 0.4) is 0 Å². The largest absolute Gasteiger partial charge is 0.466 e. The second-order valence-corrected chi connectivity index (χ2v) is 4.48. The summed E-state index contributed by atoms with van der Waals surface area (Å²) < 4.78 is 30.9. The molecular formula is C11H11BrClF2NO2. The molecule has 7 heteroatoms. The number of nitrogens with zero attached hydrogens (tertiary/aromatic N) is 1. The van der Waals surface area contributed by atoms with Gasteiger partial charge in [0.25, 0.3) is 6.43 Å². The minimum atomic E-state index is -2.71. The molecule has 0 aliphatic heterocycles. The summed E-state index contributed by atoms with van der Waals surface area (Å²) in [4.78, 5) is 15.3. The quantitative estimate of drug-likeness (QED) is 0.606. The Kier molecular flexibility index (Phi) is 5.95. The van der Waals surface area contributed by atoms with Crippen LogP contribution in [0.5, 0.6) is 0 Å². The van der Waals surface area contributed by atoms with Crippen molar-refractivity contribution in [2.45, 2.75) is 25.7 Å². The molecule has 18 heavy (non-hydrogen) atoms. The summed E-state index contributed by atoms with van der Waals surface area (Å²) in [5, 5.41) is 0. The van der Waals surface area contributed by atoms with Crippen molar-refractivity contribution in [3.63, 3.8) is 0 Å². The number of hydrogen-bond acceptors (Lipinski definition) is 3. The van der Waals surface area contributed by atoms with E-state index in [0.29, 0.717) is 0 Å². The van der Waals surface area contributed by atoms with E-state index in [4.69, 9.17) is 16.3 Å². The third kappa shape index (κ3) is 3.62. The minimum absolute atomic E-state index is 0.0399. The Morgan fingerprint density at radius 1 is 1.61 bits per heavy atom.